The molecule has 2 heteroatoms. The average molecular weight is 129 g/mol. The van der Waals surface area contributed by atoms with Gasteiger partial charge >= 0.3 is 0 Å². The van der Waals surface area contributed by atoms with E-state index in [1.165, 1.54) is 0 Å². The van der Waals surface area contributed by atoms with Gasteiger partial charge in [0.15, 0.2) is 0 Å². The van der Waals surface area contributed by atoms with E-state index in [4.69, 9.17) is 5.11 Å². The molecule has 0 spiro atoms. The van der Waals surface area contributed by atoms with E-state index in [1.807, 2.05) is 20.2 Å². The first-order valence-corrected chi connectivity index (χ1v) is 3.18. The van der Waals surface area contributed by atoms with Gasteiger partial charge in [0.05, 0.1) is 0 Å². The fraction of sp³-hybridized carbons (Fsp3) is 0.714. The van der Waals surface area contributed by atoms with E-state index in [0.29, 0.717) is 0 Å². The molecule has 0 saturated heterocycles. The van der Waals surface area contributed by atoms with Gasteiger partial charge in [-0.2, -0.15) is 0 Å². The standard InChI is InChI=1S/C7H15NO/c1-8(2)6-4-3-5-7-9/h3-4,9H,5-7H2,1-2H3/b4-3+. The van der Waals surface area contributed by atoms with Gasteiger partial charge in [-0.1, -0.05) is 12.2 Å². The van der Waals surface area contributed by atoms with Crippen molar-refractivity contribution in [3.05, 3.63) is 12.2 Å². The zero-order valence-corrected chi connectivity index (χ0v) is 6.17. The molecular weight excluding hydrogens is 114 g/mol. The molecule has 0 radical (unpaired) electrons. The maximum absolute atomic E-state index is 8.37. The molecule has 0 amide bonds. The molecule has 0 aliphatic carbocycles. The van der Waals surface area contributed by atoms with Crippen LogP contribution in [0.4, 0.5) is 0 Å². The van der Waals surface area contributed by atoms with Crippen molar-refractivity contribution in [2.24, 2.45) is 0 Å². The van der Waals surface area contributed by atoms with Gasteiger partial charge < -0.3 is 10.0 Å². The van der Waals surface area contributed by atoms with E-state index >= 15 is 0 Å². The summed E-state index contributed by atoms with van der Waals surface area (Å²) >= 11 is 0. The van der Waals surface area contributed by atoms with Crippen molar-refractivity contribution in [1.82, 2.24) is 4.90 Å². The summed E-state index contributed by atoms with van der Waals surface area (Å²) in [7, 11) is 4.03. The van der Waals surface area contributed by atoms with Gasteiger partial charge in [0.1, 0.15) is 0 Å². The van der Waals surface area contributed by atoms with Crippen LogP contribution >= 0.6 is 0 Å². The molecule has 1 N–H and O–H groups in total. The lowest BCUT2D eigenvalue weighted by Crippen LogP contribution is -2.10. The van der Waals surface area contributed by atoms with Crippen LogP contribution in [0.15, 0.2) is 12.2 Å². The zero-order valence-electron chi connectivity index (χ0n) is 6.17. The molecule has 0 aromatic heterocycles. The maximum Gasteiger partial charge on any atom is 0.0465 e. The second kappa shape index (κ2) is 5.79. The van der Waals surface area contributed by atoms with Gasteiger partial charge in [0.2, 0.25) is 0 Å². The van der Waals surface area contributed by atoms with Crippen molar-refractivity contribution >= 4 is 0 Å². The average Bonchev–Trinajstić information content (AvgIpc) is 1.80. The Morgan fingerprint density at radius 3 is 2.44 bits per heavy atom. The summed E-state index contributed by atoms with van der Waals surface area (Å²) in [6.45, 7) is 1.21. The third-order valence-electron chi connectivity index (χ3n) is 0.933. The summed E-state index contributed by atoms with van der Waals surface area (Å²) in [4.78, 5) is 2.08. The summed E-state index contributed by atoms with van der Waals surface area (Å²) in [5.74, 6) is 0. The van der Waals surface area contributed by atoms with Gasteiger partial charge in [-0.15, -0.1) is 0 Å². The first kappa shape index (κ1) is 8.66. The minimum absolute atomic E-state index is 0.254. The molecule has 0 heterocycles. The predicted molar refractivity (Wildman–Crippen MR) is 39.4 cm³/mol. The summed E-state index contributed by atoms with van der Waals surface area (Å²) in [6, 6.07) is 0. The van der Waals surface area contributed by atoms with E-state index in [9.17, 15) is 0 Å². The van der Waals surface area contributed by atoms with Crippen molar-refractivity contribution in [2.45, 2.75) is 6.42 Å². The molecule has 0 aliphatic rings. The Bertz CT molecular complexity index is 79.0. The molecule has 0 unspecified atom stereocenters. The molecule has 0 atom stereocenters. The van der Waals surface area contributed by atoms with Crippen molar-refractivity contribution in [1.29, 1.82) is 0 Å². The smallest absolute Gasteiger partial charge is 0.0465 e. The monoisotopic (exact) mass is 129 g/mol. The highest BCUT2D eigenvalue weighted by Gasteiger charge is 1.80. The van der Waals surface area contributed by atoms with Crippen molar-refractivity contribution < 1.29 is 5.11 Å². The third kappa shape index (κ3) is 7.66. The highest BCUT2D eigenvalue weighted by atomic mass is 16.2. The van der Waals surface area contributed by atoms with Crippen LogP contribution in [0, 0.1) is 0 Å². The van der Waals surface area contributed by atoms with Gasteiger partial charge in [0, 0.05) is 13.2 Å². The normalized spacial score (nSPS) is 11.6. The topological polar surface area (TPSA) is 23.5 Å². The minimum Gasteiger partial charge on any atom is -0.396 e. The van der Waals surface area contributed by atoms with Gasteiger partial charge in [-0.3, -0.25) is 0 Å². The van der Waals surface area contributed by atoms with Gasteiger partial charge in [-0.25, -0.2) is 0 Å². The number of likely N-dealkylation sites (N-methyl/N-ethyl adjacent to an activating group) is 1. The molecule has 0 aliphatic heterocycles. The molecule has 0 aromatic carbocycles. The Balaban J connectivity index is 3.04. The number of hydrogen-bond donors (Lipinski definition) is 1. The lowest BCUT2D eigenvalue weighted by Gasteiger charge is -2.02. The molecule has 0 bridgehead atoms. The molecule has 0 fully saturated rings. The Kier molecular flexibility index (Phi) is 5.57. The highest BCUT2D eigenvalue weighted by Crippen LogP contribution is 1.81. The molecular formula is C7H15NO. The predicted octanol–water partition coefficient (Wildman–Crippen LogP) is 0.487. The second-order valence-electron chi connectivity index (χ2n) is 2.25. The lowest BCUT2D eigenvalue weighted by molar-refractivity contribution is 0.302. The van der Waals surface area contributed by atoms with Gasteiger partial charge in [-0.05, 0) is 20.5 Å². The molecule has 0 saturated carbocycles. The number of nitrogens with zero attached hydrogens (tertiary/aromatic N) is 1. The van der Waals surface area contributed by atoms with Crippen LogP contribution in [0.25, 0.3) is 0 Å². The molecule has 9 heavy (non-hydrogen) atoms. The van der Waals surface area contributed by atoms with E-state index in [-0.39, 0.29) is 6.61 Å². The first-order chi connectivity index (χ1) is 4.27. The Hall–Kier alpha value is -0.340. The van der Waals surface area contributed by atoms with E-state index in [1.54, 1.807) is 0 Å². The number of rotatable bonds is 4. The minimum atomic E-state index is 0.254. The quantitative estimate of drug-likeness (QED) is 0.558. The number of aliphatic hydroxyl groups excluding tert-OH is 1. The SMILES string of the molecule is CN(C)C/C=C/CCO. The maximum atomic E-state index is 8.37. The van der Waals surface area contributed by atoms with Crippen LogP contribution in [0.1, 0.15) is 6.42 Å². The summed E-state index contributed by atoms with van der Waals surface area (Å²) in [6.07, 6.45) is 4.81. The molecule has 2 nitrogen and oxygen atoms in total. The van der Waals surface area contributed by atoms with Crippen molar-refractivity contribution in [3.8, 4) is 0 Å². The summed E-state index contributed by atoms with van der Waals surface area (Å²) in [5, 5.41) is 8.37. The fourth-order valence-corrected chi connectivity index (χ4v) is 0.478. The summed E-state index contributed by atoms with van der Waals surface area (Å²) < 4.78 is 0. The zero-order chi connectivity index (χ0) is 7.11. The highest BCUT2D eigenvalue weighted by molar-refractivity contribution is 4.82. The van der Waals surface area contributed by atoms with E-state index in [2.05, 4.69) is 11.0 Å². The van der Waals surface area contributed by atoms with Crippen LogP contribution < -0.4 is 0 Å². The van der Waals surface area contributed by atoms with Gasteiger partial charge in [0.25, 0.3) is 0 Å². The van der Waals surface area contributed by atoms with E-state index < -0.39 is 0 Å². The van der Waals surface area contributed by atoms with Crippen LogP contribution in [-0.2, 0) is 0 Å². The second-order valence-corrected chi connectivity index (χ2v) is 2.25. The fourth-order valence-electron chi connectivity index (χ4n) is 0.478. The Labute approximate surface area is 56.8 Å². The van der Waals surface area contributed by atoms with Crippen LogP contribution in [0.2, 0.25) is 0 Å². The number of aliphatic hydroxyl groups is 1. The van der Waals surface area contributed by atoms with Crippen LogP contribution in [-0.4, -0.2) is 37.3 Å². The molecule has 54 valence electrons. The Morgan fingerprint density at radius 1 is 1.33 bits per heavy atom. The Morgan fingerprint density at radius 2 is 2.00 bits per heavy atom. The van der Waals surface area contributed by atoms with E-state index in [0.717, 1.165) is 13.0 Å². The first-order valence-electron chi connectivity index (χ1n) is 3.18. The molecule has 0 rings (SSSR count). The van der Waals surface area contributed by atoms with Crippen LogP contribution in [0.5, 0.6) is 0 Å². The number of hydrogen-bond acceptors (Lipinski definition) is 2. The van der Waals surface area contributed by atoms with Crippen molar-refractivity contribution in [3.63, 3.8) is 0 Å². The lowest BCUT2D eigenvalue weighted by atomic mass is 10.4. The molecule has 0 aromatic rings. The third-order valence-corrected chi connectivity index (χ3v) is 0.933. The largest absolute Gasteiger partial charge is 0.396 e. The summed E-state index contributed by atoms with van der Waals surface area (Å²) in [5.41, 5.74) is 0. The van der Waals surface area contributed by atoms with Crippen LogP contribution in [0.3, 0.4) is 0 Å². The van der Waals surface area contributed by atoms with Crippen molar-refractivity contribution in [2.75, 3.05) is 27.2 Å².